The Bertz CT molecular complexity index is 741. The molecule has 0 spiro atoms. The molecule has 0 aliphatic carbocycles. The number of methoxy groups -OCH3 is 1. The fourth-order valence-electron chi connectivity index (χ4n) is 3.18. The molecule has 0 bridgehead atoms. The minimum absolute atomic E-state index is 0.0892. The molecule has 7 nitrogen and oxygen atoms in total. The Morgan fingerprint density at radius 3 is 2.81 bits per heavy atom. The van der Waals surface area contributed by atoms with Crippen molar-refractivity contribution in [3.63, 3.8) is 0 Å². The van der Waals surface area contributed by atoms with E-state index in [0.29, 0.717) is 30.3 Å². The van der Waals surface area contributed by atoms with Crippen LogP contribution < -0.4 is 9.64 Å². The van der Waals surface area contributed by atoms with Crippen LogP contribution in [0.5, 0.6) is 5.75 Å². The molecule has 1 aliphatic rings. The first-order chi connectivity index (χ1) is 12.6. The minimum Gasteiger partial charge on any atom is -0.497 e. The highest BCUT2D eigenvalue weighted by molar-refractivity contribution is 5.99. The van der Waals surface area contributed by atoms with Crippen LogP contribution in [0.15, 0.2) is 28.8 Å². The Labute approximate surface area is 152 Å². The molecule has 1 aromatic carbocycles. The molecule has 7 heteroatoms. The molecular weight excluding hydrogens is 336 g/mol. The first kappa shape index (κ1) is 18.3. The molecule has 1 saturated heterocycles. The smallest absolute Gasteiger partial charge is 0.343 e. The third-order valence-corrected chi connectivity index (χ3v) is 4.48. The van der Waals surface area contributed by atoms with Crippen LogP contribution in [0.25, 0.3) is 11.3 Å². The lowest BCUT2D eigenvalue weighted by Gasteiger charge is -2.32. The lowest BCUT2D eigenvalue weighted by Crippen LogP contribution is -2.40. The van der Waals surface area contributed by atoms with Gasteiger partial charge >= 0.3 is 5.97 Å². The van der Waals surface area contributed by atoms with Crippen molar-refractivity contribution in [1.29, 1.82) is 0 Å². The van der Waals surface area contributed by atoms with Gasteiger partial charge in [0.2, 0.25) is 0 Å². The molecule has 0 radical (unpaired) electrons. The van der Waals surface area contributed by atoms with E-state index in [1.807, 2.05) is 4.90 Å². The van der Waals surface area contributed by atoms with Gasteiger partial charge in [-0.1, -0.05) is 12.1 Å². The summed E-state index contributed by atoms with van der Waals surface area (Å²) in [6.45, 7) is 4.14. The van der Waals surface area contributed by atoms with E-state index in [1.165, 1.54) is 0 Å². The quantitative estimate of drug-likeness (QED) is 0.809. The Morgan fingerprint density at radius 2 is 2.15 bits per heavy atom. The molecule has 1 aromatic heterocycles. The van der Waals surface area contributed by atoms with Crippen LogP contribution in [0, 0.1) is 0 Å². The fourth-order valence-corrected chi connectivity index (χ4v) is 3.18. The second-order valence-electron chi connectivity index (χ2n) is 6.33. The molecular formula is C19H24N2O5. The van der Waals surface area contributed by atoms with E-state index in [1.54, 1.807) is 31.4 Å². The summed E-state index contributed by atoms with van der Waals surface area (Å²) in [6.07, 6.45) is 2.95. The number of ether oxygens (including phenoxy) is 2. The molecule has 1 atom stereocenters. The average Bonchev–Trinajstić information content (AvgIpc) is 3.12. The first-order valence-electron chi connectivity index (χ1n) is 8.88. The number of nitrogens with zero attached hydrogens (tertiary/aromatic N) is 2. The van der Waals surface area contributed by atoms with Crippen LogP contribution in [-0.4, -0.2) is 49.1 Å². The number of carboxylic acid groups (broad SMARTS) is 1. The van der Waals surface area contributed by atoms with Gasteiger partial charge in [-0.3, -0.25) is 0 Å². The average molecular weight is 360 g/mol. The lowest BCUT2D eigenvalue weighted by atomic mass is 10.1. The van der Waals surface area contributed by atoms with Crippen molar-refractivity contribution in [2.24, 2.45) is 0 Å². The maximum atomic E-state index is 11.9. The van der Waals surface area contributed by atoms with Crippen LogP contribution in [0.4, 0.5) is 5.82 Å². The highest BCUT2D eigenvalue weighted by atomic mass is 16.5. The molecule has 0 saturated carbocycles. The van der Waals surface area contributed by atoms with Crippen molar-refractivity contribution in [3.8, 4) is 17.1 Å². The van der Waals surface area contributed by atoms with Crippen LogP contribution in [-0.2, 0) is 4.74 Å². The summed E-state index contributed by atoms with van der Waals surface area (Å²) in [6, 6.07) is 7.05. The van der Waals surface area contributed by atoms with Crippen molar-refractivity contribution in [2.75, 3.05) is 31.7 Å². The molecule has 1 N–H and O–H groups in total. The predicted octanol–water partition coefficient (Wildman–Crippen LogP) is 3.44. The van der Waals surface area contributed by atoms with E-state index in [0.717, 1.165) is 25.8 Å². The van der Waals surface area contributed by atoms with E-state index >= 15 is 0 Å². The summed E-state index contributed by atoms with van der Waals surface area (Å²) in [7, 11) is 1.58. The van der Waals surface area contributed by atoms with Gasteiger partial charge in [0, 0.05) is 25.3 Å². The Morgan fingerprint density at radius 1 is 1.38 bits per heavy atom. The summed E-state index contributed by atoms with van der Waals surface area (Å²) in [5.74, 6) is 0.265. The van der Waals surface area contributed by atoms with Crippen molar-refractivity contribution < 1.29 is 23.9 Å². The normalized spacial score (nSPS) is 17.3. The zero-order valence-electron chi connectivity index (χ0n) is 15.1. The number of aromatic carboxylic acids is 1. The summed E-state index contributed by atoms with van der Waals surface area (Å²) in [4.78, 5) is 13.9. The molecule has 3 rings (SSSR count). The lowest BCUT2D eigenvalue weighted by molar-refractivity contribution is 0.0436. The topological polar surface area (TPSA) is 85.0 Å². The van der Waals surface area contributed by atoms with Gasteiger partial charge in [0.15, 0.2) is 17.1 Å². The molecule has 140 valence electrons. The highest BCUT2D eigenvalue weighted by Crippen LogP contribution is 2.33. The van der Waals surface area contributed by atoms with Crippen molar-refractivity contribution in [1.82, 2.24) is 5.16 Å². The highest BCUT2D eigenvalue weighted by Gasteiger charge is 2.30. The van der Waals surface area contributed by atoms with Crippen LogP contribution in [0.2, 0.25) is 0 Å². The maximum absolute atomic E-state index is 11.9. The number of carbonyl (C=O) groups is 1. The second kappa shape index (κ2) is 8.23. The van der Waals surface area contributed by atoms with Gasteiger partial charge in [0.25, 0.3) is 0 Å². The second-order valence-corrected chi connectivity index (χ2v) is 6.33. The third kappa shape index (κ3) is 3.83. The standard InChI is InChI=1S/C19H24N2O5/c1-3-11-25-15-5-4-10-21(12-15)18-16(19(22)23)17(26-20-18)13-6-8-14(24-2)9-7-13/h6-9,15H,3-5,10-12H2,1-2H3,(H,22,23). The van der Waals surface area contributed by atoms with Gasteiger partial charge < -0.3 is 24.0 Å². The molecule has 0 amide bonds. The summed E-state index contributed by atoms with van der Waals surface area (Å²) in [5.41, 5.74) is 0.740. The van der Waals surface area contributed by atoms with Gasteiger partial charge in [-0.05, 0) is 43.5 Å². The largest absolute Gasteiger partial charge is 0.497 e. The molecule has 2 heterocycles. The fraction of sp³-hybridized carbons (Fsp3) is 0.474. The summed E-state index contributed by atoms with van der Waals surface area (Å²) in [5, 5.41) is 13.8. The van der Waals surface area contributed by atoms with Gasteiger partial charge in [0.05, 0.1) is 13.2 Å². The van der Waals surface area contributed by atoms with Crippen molar-refractivity contribution >= 4 is 11.8 Å². The van der Waals surface area contributed by atoms with E-state index in [9.17, 15) is 9.90 Å². The molecule has 26 heavy (non-hydrogen) atoms. The molecule has 1 fully saturated rings. The minimum atomic E-state index is -1.05. The Balaban J connectivity index is 1.88. The number of anilines is 1. The van der Waals surface area contributed by atoms with Gasteiger partial charge in [0.1, 0.15) is 5.75 Å². The van der Waals surface area contributed by atoms with Crippen molar-refractivity contribution in [3.05, 3.63) is 29.8 Å². The Kier molecular flexibility index (Phi) is 5.78. The number of hydrogen-bond acceptors (Lipinski definition) is 6. The zero-order chi connectivity index (χ0) is 18.5. The summed E-state index contributed by atoms with van der Waals surface area (Å²) >= 11 is 0. The van der Waals surface area contributed by atoms with Gasteiger partial charge in [-0.25, -0.2) is 4.79 Å². The maximum Gasteiger partial charge on any atom is 0.343 e. The molecule has 2 aromatic rings. The molecule has 1 unspecified atom stereocenters. The monoisotopic (exact) mass is 360 g/mol. The first-order valence-corrected chi connectivity index (χ1v) is 8.88. The Hall–Kier alpha value is -2.54. The van der Waals surface area contributed by atoms with Gasteiger partial charge in [-0.2, -0.15) is 0 Å². The number of rotatable bonds is 7. The predicted molar refractivity (Wildman–Crippen MR) is 96.9 cm³/mol. The van der Waals surface area contributed by atoms with Crippen LogP contribution >= 0.6 is 0 Å². The number of benzene rings is 1. The third-order valence-electron chi connectivity index (χ3n) is 4.48. The van der Waals surface area contributed by atoms with E-state index in [-0.39, 0.29) is 17.4 Å². The summed E-state index contributed by atoms with van der Waals surface area (Å²) < 4.78 is 16.4. The molecule has 1 aliphatic heterocycles. The zero-order valence-corrected chi connectivity index (χ0v) is 15.1. The number of piperidine rings is 1. The number of hydrogen-bond donors (Lipinski definition) is 1. The number of aromatic nitrogens is 1. The van der Waals surface area contributed by atoms with Crippen LogP contribution in [0.3, 0.4) is 0 Å². The van der Waals surface area contributed by atoms with E-state index in [4.69, 9.17) is 14.0 Å². The van der Waals surface area contributed by atoms with E-state index < -0.39 is 5.97 Å². The van der Waals surface area contributed by atoms with Crippen molar-refractivity contribution in [2.45, 2.75) is 32.3 Å². The van der Waals surface area contributed by atoms with Crippen LogP contribution in [0.1, 0.15) is 36.5 Å². The van der Waals surface area contributed by atoms with E-state index in [2.05, 4.69) is 12.1 Å². The SMILES string of the molecule is CCCOC1CCCN(c2noc(-c3ccc(OC)cc3)c2C(=O)O)C1. The number of carboxylic acids is 1. The van der Waals surface area contributed by atoms with Gasteiger partial charge in [-0.15, -0.1) is 0 Å².